The quantitative estimate of drug-likeness (QED) is 0.608. The van der Waals surface area contributed by atoms with Crippen LogP contribution in [0.5, 0.6) is 5.75 Å². The smallest absolute Gasteiger partial charge is 0.247 e. The molecule has 0 unspecified atom stereocenters. The third kappa shape index (κ3) is 4.28. The zero-order valence-corrected chi connectivity index (χ0v) is 18.7. The van der Waals surface area contributed by atoms with Crippen LogP contribution in [0, 0.1) is 0 Å². The average molecular weight is 450 g/mol. The van der Waals surface area contributed by atoms with E-state index in [1.54, 1.807) is 34.9 Å². The minimum Gasteiger partial charge on any atom is -0.487 e. The summed E-state index contributed by atoms with van der Waals surface area (Å²) < 4.78 is 35.6. The number of hydrogen-bond acceptors (Lipinski definition) is 5. The topological polar surface area (TPSA) is 62.7 Å². The van der Waals surface area contributed by atoms with Crippen LogP contribution >= 0.6 is 0 Å². The van der Waals surface area contributed by atoms with Gasteiger partial charge in [-0.2, -0.15) is 4.31 Å². The fourth-order valence-corrected chi connectivity index (χ4v) is 6.47. The Morgan fingerprint density at radius 2 is 1.62 bits per heavy atom. The lowest BCUT2D eigenvalue weighted by molar-refractivity contribution is 0.110. The van der Waals surface area contributed by atoms with Gasteiger partial charge in [-0.1, -0.05) is 48.5 Å². The van der Waals surface area contributed by atoms with E-state index < -0.39 is 10.0 Å². The molecule has 0 saturated carbocycles. The Bertz CT molecular complexity index is 1160. The van der Waals surface area contributed by atoms with Gasteiger partial charge in [-0.15, -0.1) is 0 Å². The van der Waals surface area contributed by atoms with Crippen molar-refractivity contribution in [2.45, 2.75) is 43.0 Å². The van der Waals surface area contributed by atoms with E-state index in [1.807, 2.05) is 24.3 Å². The van der Waals surface area contributed by atoms with Crippen molar-refractivity contribution >= 4 is 10.0 Å². The minimum absolute atomic E-state index is 0.203. The van der Waals surface area contributed by atoms with Crippen LogP contribution in [0.15, 0.2) is 84.0 Å². The van der Waals surface area contributed by atoms with Gasteiger partial charge >= 0.3 is 0 Å². The number of likely N-dealkylation sites (tertiary alicyclic amines) is 1. The highest BCUT2D eigenvalue weighted by Crippen LogP contribution is 2.37. The lowest BCUT2D eigenvalue weighted by Crippen LogP contribution is -2.46. The second-order valence-electron chi connectivity index (χ2n) is 8.42. The first-order chi connectivity index (χ1) is 15.6. The second kappa shape index (κ2) is 9.02. The first-order valence-electron chi connectivity index (χ1n) is 11.0. The predicted octanol–water partition coefficient (Wildman–Crippen LogP) is 3.70. The maximum atomic E-state index is 13.8. The van der Waals surface area contributed by atoms with Gasteiger partial charge < -0.3 is 4.74 Å². The van der Waals surface area contributed by atoms with Gasteiger partial charge in [0.1, 0.15) is 16.7 Å². The standard InChI is InChI=1S/C25H27N3O3S/c29-32(30)25-11-5-4-10-24(25)31-23-13-16-27(18-20-7-2-1-3-8-20)15-12-22(23)28(32)19-21-9-6-14-26-17-21/h1-11,14,17,22-23H,12-13,15-16,18-19H2/t22-,23-/m0/s1. The van der Waals surface area contributed by atoms with Gasteiger partial charge in [-0.3, -0.25) is 9.88 Å². The number of aromatic nitrogens is 1. The molecule has 2 aliphatic rings. The maximum Gasteiger partial charge on any atom is 0.247 e. The van der Waals surface area contributed by atoms with Gasteiger partial charge in [0.05, 0.1) is 6.04 Å². The second-order valence-corrected chi connectivity index (χ2v) is 10.3. The van der Waals surface area contributed by atoms with Gasteiger partial charge in [-0.25, -0.2) is 8.42 Å². The SMILES string of the molecule is O=S1(=O)c2ccccc2O[C@H]2CCN(Cc3ccccc3)CC[C@@H]2N1Cc1cccnc1. The molecule has 7 heteroatoms. The zero-order chi connectivity index (χ0) is 22.0. The van der Waals surface area contributed by atoms with Crippen molar-refractivity contribution in [1.82, 2.24) is 14.2 Å². The van der Waals surface area contributed by atoms with E-state index >= 15 is 0 Å². The van der Waals surface area contributed by atoms with Gasteiger partial charge in [0, 0.05) is 38.6 Å². The van der Waals surface area contributed by atoms with Gasteiger partial charge in [0.25, 0.3) is 0 Å². The average Bonchev–Trinajstić information content (AvgIpc) is 3.05. The van der Waals surface area contributed by atoms with E-state index in [0.717, 1.165) is 31.6 Å². The molecule has 1 aromatic heterocycles. The van der Waals surface area contributed by atoms with Crippen molar-refractivity contribution in [3.8, 4) is 5.75 Å². The number of pyridine rings is 1. The summed E-state index contributed by atoms with van der Waals surface area (Å²) in [5.74, 6) is 0.452. The molecule has 0 aliphatic carbocycles. The summed E-state index contributed by atoms with van der Waals surface area (Å²) in [5.41, 5.74) is 2.14. The molecule has 2 aromatic carbocycles. The molecule has 32 heavy (non-hydrogen) atoms. The van der Waals surface area contributed by atoms with Crippen molar-refractivity contribution in [3.05, 3.63) is 90.3 Å². The molecule has 2 aliphatic heterocycles. The van der Waals surface area contributed by atoms with Crippen LogP contribution in [0.1, 0.15) is 24.0 Å². The van der Waals surface area contributed by atoms with Crippen LogP contribution in [-0.2, 0) is 23.1 Å². The monoisotopic (exact) mass is 449 g/mol. The molecule has 0 radical (unpaired) electrons. The van der Waals surface area contributed by atoms with Crippen molar-refractivity contribution in [1.29, 1.82) is 0 Å². The number of ether oxygens (including phenoxy) is 1. The van der Waals surface area contributed by atoms with Crippen LogP contribution in [0.4, 0.5) is 0 Å². The molecule has 1 saturated heterocycles. The summed E-state index contributed by atoms with van der Waals surface area (Å²) in [4.78, 5) is 6.83. The van der Waals surface area contributed by atoms with E-state index in [1.165, 1.54) is 5.56 Å². The van der Waals surface area contributed by atoms with Crippen molar-refractivity contribution in [3.63, 3.8) is 0 Å². The van der Waals surface area contributed by atoms with E-state index in [9.17, 15) is 8.42 Å². The molecule has 3 heterocycles. The summed E-state index contributed by atoms with van der Waals surface area (Å²) >= 11 is 0. The number of benzene rings is 2. The molecule has 0 spiro atoms. The van der Waals surface area contributed by atoms with Crippen molar-refractivity contribution in [2.75, 3.05) is 13.1 Å². The molecule has 6 nitrogen and oxygen atoms in total. The van der Waals surface area contributed by atoms with Gasteiger partial charge in [-0.05, 0) is 42.2 Å². The number of fused-ring (bicyclic) bond motifs is 2. The summed E-state index contributed by atoms with van der Waals surface area (Å²) in [7, 11) is -3.72. The first kappa shape index (κ1) is 21.1. The summed E-state index contributed by atoms with van der Waals surface area (Å²) in [6.45, 7) is 2.81. The highest BCUT2D eigenvalue weighted by molar-refractivity contribution is 7.89. The third-order valence-corrected chi connectivity index (χ3v) is 8.20. The van der Waals surface area contributed by atoms with Crippen LogP contribution in [0.25, 0.3) is 0 Å². The molecule has 3 aromatic rings. The number of nitrogens with zero attached hydrogens (tertiary/aromatic N) is 3. The van der Waals surface area contributed by atoms with E-state index in [0.29, 0.717) is 12.2 Å². The number of sulfonamides is 1. The fraction of sp³-hybridized carbons (Fsp3) is 0.320. The number of para-hydroxylation sites is 1. The Morgan fingerprint density at radius 3 is 2.44 bits per heavy atom. The van der Waals surface area contributed by atoms with Crippen molar-refractivity contribution < 1.29 is 13.2 Å². The summed E-state index contributed by atoms with van der Waals surface area (Å²) in [6, 6.07) is 20.9. The molecule has 1 fully saturated rings. The Kier molecular flexibility index (Phi) is 5.95. The summed E-state index contributed by atoms with van der Waals surface area (Å²) in [6.07, 6.45) is 4.72. The fourth-order valence-electron chi connectivity index (χ4n) is 4.68. The Morgan fingerprint density at radius 1 is 0.875 bits per heavy atom. The molecule has 0 bridgehead atoms. The highest BCUT2D eigenvalue weighted by Gasteiger charge is 2.43. The lowest BCUT2D eigenvalue weighted by atomic mass is 10.1. The van der Waals surface area contributed by atoms with Crippen LogP contribution in [0.3, 0.4) is 0 Å². The largest absolute Gasteiger partial charge is 0.487 e. The maximum absolute atomic E-state index is 13.8. The molecule has 166 valence electrons. The lowest BCUT2D eigenvalue weighted by Gasteiger charge is -2.31. The normalized spacial score (nSPS) is 23.2. The van der Waals surface area contributed by atoms with E-state index in [2.05, 4.69) is 34.1 Å². The Labute approximate surface area is 189 Å². The highest BCUT2D eigenvalue weighted by atomic mass is 32.2. The molecular weight excluding hydrogens is 422 g/mol. The van der Waals surface area contributed by atoms with Gasteiger partial charge in [0.15, 0.2) is 0 Å². The Hall–Kier alpha value is -2.74. The van der Waals surface area contributed by atoms with E-state index in [4.69, 9.17) is 4.74 Å². The molecular formula is C25H27N3O3S. The van der Waals surface area contributed by atoms with Crippen LogP contribution < -0.4 is 4.74 Å². The molecule has 2 atom stereocenters. The minimum atomic E-state index is -3.72. The van der Waals surface area contributed by atoms with Gasteiger partial charge in [0.2, 0.25) is 10.0 Å². The zero-order valence-electron chi connectivity index (χ0n) is 17.9. The first-order valence-corrected chi connectivity index (χ1v) is 12.5. The number of hydrogen-bond donors (Lipinski definition) is 0. The Balaban J connectivity index is 1.47. The molecule has 0 amide bonds. The molecule has 5 rings (SSSR count). The molecule has 0 N–H and O–H groups in total. The van der Waals surface area contributed by atoms with Crippen LogP contribution in [-0.4, -0.2) is 47.8 Å². The predicted molar refractivity (Wildman–Crippen MR) is 123 cm³/mol. The summed E-state index contributed by atoms with van der Waals surface area (Å²) in [5, 5.41) is 0. The third-order valence-electron chi connectivity index (χ3n) is 6.29. The van der Waals surface area contributed by atoms with E-state index in [-0.39, 0.29) is 23.6 Å². The van der Waals surface area contributed by atoms with Crippen LogP contribution in [0.2, 0.25) is 0 Å². The number of rotatable bonds is 4. The van der Waals surface area contributed by atoms with Crippen molar-refractivity contribution in [2.24, 2.45) is 0 Å².